The number of rotatable bonds is 4. The highest BCUT2D eigenvalue weighted by Gasteiger charge is 2.28. The molecule has 0 radical (unpaired) electrons. The SMILES string of the molecule is CN(CCC(F)(F)F)CC1CCCC(N)C1. The van der Waals surface area contributed by atoms with Crippen molar-refractivity contribution in [3.63, 3.8) is 0 Å². The van der Waals surface area contributed by atoms with E-state index in [2.05, 4.69) is 0 Å². The molecule has 16 heavy (non-hydrogen) atoms. The summed E-state index contributed by atoms with van der Waals surface area (Å²) in [7, 11) is 1.76. The van der Waals surface area contributed by atoms with E-state index in [9.17, 15) is 13.2 Å². The summed E-state index contributed by atoms with van der Waals surface area (Å²) < 4.78 is 36.0. The minimum atomic E-state index is -4.04. The Morgan fingerprint density at radius 1 is 1.31 bits per heavy atom. The molecular formula is C11H21F3N2. The van der Waals surface area contributed by atoms with Gasteiger partial charge in [-0.15, -0.1) is 0 Å². The zero-order chi connectivity index (χ0) is 12.2. The van der Waals surface area contributed by atoms with Crippen LogP contribution < -0.4 is 5.73 Å². The lowest BCUT2D eigenvalue weighted by atomic mass is 9.86. The highest BCUT2D eigenvalue weighted by atomic mass is 19.4. The maximum absolute atomic E-state index is 12.0. The Morgan fingerprint density at radius 2 is 2.00 bits per heavy atom. The molecule has 2 unspecified atom stereocenters. The van der Waals surface area contributed by atoms with E-state index in [1.165, 1.54) is 0 Å². The molecule has 2 atom stereocenters. The molecular weight excluding hydrogens is 217 g/mol. The molecule has 0 spiro atoms. The van der Waals surface area contributed by atoms with Gasteiger partial charge in [0.2, 0.25) is 0 Å². The second kappa shape index (κ2) is 5.87. The van der Waals surface area contributed by atoms with Crippen LogP contribution in [0.3, 0.4) is 0 Å². The van der Waals surface area contributed by atoms with Crippen molar-refractivity contribution in [2.75, 3.05) is 20.1 Å². The number of halogens is 3. The summed E-state index contributed by atoms with van der Waals surface area (Å²) >= 11 is 0. The molecule has 0 aromatic heterocycles. The quantitative estimate of drug-likeness (QED) is 0.814. The van der Waals surface area contributed by atoms with Gasteiger partial charge in [-0.1, -0.05) is 6.42 Å². The fourth-order valence-electron chi connectivity index (χ4n) is 2.35. The average molecular weight is 238 g/mol. The second-order valence-corrected chi connectivity index (χ2v) is 4.92. The first-order valence-corrected chi connectivity index (χ1v) is 5.87. The molecule has 1 aliphatic rings. The topological polar surface area (TPSA) is 29.3 Å². The molecule has 0 aliphatic heterocycles. The summed E-state index contributed by atoms with van der Waals surface area (Å²) in [6.07, 6.45) is -0.540. The molecule has 2 nitrogen and oxygen atoms in total. The van der Waals surface area contributed by atoms with Gasteiger partial charge in [-0.2, -0.15) is 13.2 Å². The van der Waals surface area contributed by atoms with Crippen molar-refractivity contribution in [3.8, 4) is 0 Å². The Bertz CT molecular complexity index is 206. The number of nitrogens with two attached hydrogens (primary N) is 1. The van der Waals surface area contributed by atoms with Crippen LogP contribution in [0.5, 0.6) is 0 Å². The minimum Gasteiger partial charge on any atom is -0.328 e. The fraction of sp³-hybridized carbons (Fsp3) is 1.00. The Morgan fingerprint density at radius 3 is 2.56 bits per heavy atom. The van der Waals surface area contributed by atoms with Crippen LogP contribution in [0.15, 0.2) is 0 Å². The van der Waals surface area contributed by atoms with E-state index >= 15 is 0 Å². The van der Waals surface area contributed by atoms with Crippen LogP contribution in [-0.4, -0.2) is 37.3 Å². The predicted octanol–water partition coefficient (Wildman–Crippen LogP) is 2.39. The largest absolute Gasteiger partial charge is 0.390 e. The van der Waals surface area contributed by atoms with E-state index in [0.29, 0.717) is 5.92 Å². The molecule has 1 aliphatic carbocycles. The predicted molar refractivity (Wildman–Crippen MR) is 58.1 cm³/mol. The lowest BCUT2D eigenvalue weighted by Crippen LogP contribution is -2.35. The van der Waals surface area contributed by atoms with Gasteiger partial charge >= 0.3 is 6.18 Å². The maximum atomic E-state index is 12.0. The summed E-state index contributed by atoms with van der Waals surface area (Å²) in [6.45, 7) is 0.832. The molecule has 5 heteroatoms. The molecule has 1 saturated carbocycles. The molecule has 0 aromatic carbocycles. The summed E-state index contributed by atoms with van der Waals surface area (Å²) in [5.74, 6) is 0.474. The molecule has 0 bridgehead atoms. The highest BCUT2D eigenvalue weighted by molar-refractivity contribution is 4.77. The van der Waals surface area contributed by atoms with E-state index in [1.54, 1.807) is 11.9 Å². The van der Waals surface area contributed by atoms with E-state index < -0.39 is 12.6 Å². The van der Waals surface area contributed by atoms with Gasteiger partial charge in [0.15, 0.2) is 0 Å². The Kier molecular flexibility index (Phi) is 5.05. The van der Waals surface area contributed by atoms with Crippen LogP contribution in [0.1, 0.15) is 32.1 Å². The molecule has 2 N–H and O–H groups in total. The summed E-state index contributed by atoms with van der Waals surface area (Å²) in [5, 5.41) is 0. The Labute approximate surface area is 95.0 Å². The minimum absolute atomic E-state index is 0.0925. The fourth-order valence-corrected chi connectivity index (χ4v) is 2.35. The molecule has 0 amide bonds. The summed E-state index contributed by atoms with van der Waals surface area (Å²) in [4.78, 5) is 1.77. The monoisotopic (exact) mass is 238 g/mol. The van der Waals surface area contributed by atoms with Crippen molar-refractivity contribution in [2.45, 2.75) is 44.3 Å². The van der Waals surface area contributed by atoms with Crippen LogP contribution in [0.25, 0.3) is 0 Å². The van der Waals surface area contributed by atoms with Gasteiger partial charge in [-0.05, 0) is 32.2 Å². The van der Waals surface area contributed by atoms with Gasteiger partial charge in [-0.3, -0.25) is 0 Å². The van der Waals surface area contributed by atoms with Crippen LogP contribution >= 0.6 is 0 Å². The molecule has 1 rings (SSSR count). The number of hydrogen-bond acceptors (Lipinski definition) is 2. The van der Waals surface area contributed by atoms with Gasteiger partial charge in [-0.25, -0.2) is 0 Å². The lowest BCUT2D eigenvalue weighted by Gasteiger charge is -2.30. The van der Waals surface area contributed by atoms with Gasteiger partial charge in [0, 0.05) is 19.1 Å². The Balaban J connectivity index is 2.20. The highest BCUT2D eigenvalue weighted by Crippen LogP contribution is 2.24. The van der Waals surface area contributed by atoms with E-state index in [4.69, 9.17) is 5.73 Å². The zero-order valence-electron chi connectivity index (χ0n) is 9.76. The van der Waals surface area contributed by atoms with Crippen molar-refractivity contribution in [1.82, 2.24) is 4.90 Å². The average Bonchev–Trinajstić information content (AvgIpc) is 2.14. The van der Waals surface area contributed by atoms with E-state index in [-0.39, 0.29) is 12.6 Å². The normalized spacial score (nSPS) is 27.4. The summed E-state index contributed by atoms with van der Waals surface area (Å²) in [6, 6.07) is 0.245. The molecule has 96 valence electrons. The van der Waals surface area contributed by atoms with Crippen LogP contribution in [-0.2, 0) is 0 Å². The van der Waals surface area contributed by atoms with Crippen molar-refractivity contribution in [3.05, 3.63) is 0 Å². The van der Waals surface area contributed by atoms with Gasteiger partial charge < -0.3 is 10.6 Å². The molecule has 0 saturated heterocycles. The third kappa shape index (κ3) is 5.70. The number of nitrogens with zero attached hydrogens (tertiary/aromatic N) is 1. The van der Waals surface area contributed by atoms with E-state index in [1.807, 2.05) is 0 Å². The van der Waals surface area contributed by atoms with Crippen molar-refractivity contribution >= 4 is 0 Å². The molecule has 0 aromatic rings. The first-order chi connectivity index (χ1) is 7.37. The number of hydrogen-bond donors (Lipinski definition) is 1. The first kappa shape index (κ1) is 13.8. The molecule has 0 heterocycles. The zero-order valence-corrected chi connectivity index (χ0v) is 9.76. The molecule has 1 fully saturated rings. The third-order valence-electron chi connectivity index (χ3n) is 3.17. The standard InChI is InChI=1S/C11H21F3N2/c1-16(6-5-11(12,13)14)8-9-3-2-4-10(15)7-9/h9-10H,2-8,15H2,1H3. The first-order valence-electron chi connectivity index (χ1n) is 5.87. The van der Waals surface area contributed by atoms with Crippen LogP contribution in [0.4, 0.5) is 13.2 Å². The van der Waals surface area contributed by atoms with Crippen molar-refractivity contribution in [2.24, 2.45) is 11.7 Å². The van der Waals surface area contributed by atoms with Crippen LogP contribution in [0.2, 0.25) is 0 Å². The van der Waals surface area contributed by atoms with E-state index in [0.717, 1.165) is 32.2 Å². The second-order valence-electron chi connectivity index (χ2n) is 4.92. The van der Waals surface area contributed by atoms with Gasteiger partial charge in [0.25, 0.3) is 0 Å². The summed E-state index contributed by atoms with van der Waals surface area (Å²) in [5.41, 5.74) is 5.85. The number of alkyl halides is 3. The van der Waals surface area contributed by atoms with Crippen molar-refractivity contribution < 1.29 is 13.2 Å². The maximum Gasteiger partial charge on any atom is 0.390 e. The Hall–Kier alpha value is -0.290. The van der Waals surface area contributed by atoms with Gasteiger partial charge in [0.05, 0.1) is 6.42 Å². The van der Waals surface area contributed by atoms with Crippen molar-refractivity contribution in [1.29, 1.82) is 0 Å². The van der Waals surface area contributed by atoms with Gasteiger partial charge in [0.1, 0.15) is 0 Å². The lowest BCUT2D eigenvalue weighted by molar-refractivity contribution is -0.137. The van der Waals surface area contributed by atoms with Crippen LogP contribution in [0, 0.1) is 5.92 Å². The third-order valence-corrected chi connectivity index (χ3v) is 3.17. The smallest absolute Gasteiger partial charge is 0.328 e.